The molecule has 168 valence electrons. The Morgan fingerprint density at radius 3 is 1.75 bits per heavy atom. The molecule has 0 aliphatic heterocycles. The molecule has 3 heteroatoms. The Labute approximate surface area is 194 Å². The highest BCUT2D eigenvalue weighted by Crippen LogP contribution is 2.37. The van der Waals surface area contributed by atoms with Crippen LogP contribution in [0, 0.1) is 0 Å². The number of aliphatic hydroxyl groups is 1. The van der Waals surface area contributed by atoms with Crippen LogP contribution in [0.3, 0.4) is 0 Å². The molecule has 2 nitrogen and oxygen atoms in total. The van der Waals surface area contributed by atoms with Gasteiger partial charge in [-0.15, -0.1) is 0 Å². The monoisotopic (exact) mass is 444 g/mol. The topological polar surface area (TPSA) is 29.5 Å². The van der Waals surface area contributed by atoms with Crippen molar-refractivity contribution in [2.24, 2.45) is 0 Å². The van der Waals surface area contributed by atoms with Crippen LogP contribution in [0.25, 0.3) is 0 Å². The zero-order valence-corrected chi connectivity index (χ0v) is 20.8. The molecule has 0 amide bonds. The third-order valence-corrected chi connectivity index (χ3v) is 11.2. The van der Waals surface area contributed by atoms with Crippen LogP contribution in [0.5, 0.6) is 0 Å². The number of hydrogen-bond donors (Lipinski definition) is 1. The number of hydrogen-bond acceptors (Lipinski definition) is 2. The van der Waals surface area contributed by atoms with Crippen molar-refractivity contribution in [3.63, 3.8) is 0 Å². The largest absolute Gasteiger partial charge is 0.407 e. The van der Waals surface area contributed by atoms with E-state index >= 15 is 0 Å². The average Bonchev–Trinajstić information content (AvgIpc) is 2.82. The summed E-state index contributed by atoms with van der Waals surface area (Å²) in [4.78, 5) is 0. The second-order valence-electron chi connectivity index (χ2n) is 9.25. The molecule has 3 aromatic rings. The van der Waals surface area contributed by atoms with Gasteiger partial charge in [0.15, 0.2) is 0 Å². The van der Waals surface area contributed by atoms with Crippen molar-refractivity contribution in [3.8, 4) is 0 Å². The third-order valence-electron chi connectivity index (χ3n) is 6.13. The molecule has 0 aliphatic carbocycles. The lowest BCUT2D eigenvalue weighted by Gasteiger charge is -2.43. The Kier molecular flexibility index (Phi) is 8.24. The zero-order valence-electron chi connectivity index (χ0n) is 19.8. The third kappa shape index (κ3) is 5.29. The van der Waals surface area contributed by atoms with E-state index in [1.54, 1.807) is 0 Å². The van der Waals surface area contributed by atoms with Crippen LogP contribution in [0.4, 0.5) is 0 Å². The SMILES string of the molecule is CC/C(=C/CCO[Si](c1ccccc1)(c1ccccc1)C(C)(C)C)[C@@H](O)c1ccccc1. The lowest BCUT2D eigenvalue weighted by atomic mass is 9.99. The number of rotatable bonds is 9. The molecule has 0 radical (unpaired) electrons. The lowest BCUT2D eigenvalue weighted by Crippen LogP contribution is -2.66. The number of aliphatic hydroxyl groups excluding tert-OH is 1. The maximum absolute atomic E-state index is 10.8. The Morgan fingerprint density at radius 2 is 1.31 bits per heavy atom. The van der Waals surface area contributed by atoms with Crippen LogP contribution in [0.1, 0.15) is 52.2 Å². The fourth-order valence-electron chi connectivity index (χ4n) is 4.52. The van der Waals surface area contributed by atoms with Gasteiger partial charge in [-0.3, -0.25) is 0 Å². The standard InChI is InChI=1S/C29H36O2Si/c1-5-24(28(30)25-16-9-6-10-17-25)18-15-23-31-32(29(2,3)4,26-19-11-7-12-20-26)27-21-13-8-14-22-27/h6-14,16-22,28,30H,5,15,23H2,1-4H3/b24-18-/t28-/m1/s1. The summed E-state index contributed by atoms with van der Waals surface area (Å²) in [5.74, 6) is 0. The van der Waals surface area contributed by atoms with Crippen LogP contribution in [-0.4, -0.2) is 20.0 Å². The van der Waals surface area contributed by atoms with Crippen molar-refractivity contribution >= 4 is 18.7 Å². The zero-order chi connectivity index (χ0) is 23.0. The van der Waals surface area contributed by atoms with Gasteiger partial charge in [-0.2, -0.15) is 0 Å². The molecule has 0 spiro atoms. The summed E-state index contributed by atoms with van der Waals surface area (Å²) in [6.45, 7) is 9.61. The van der Waals surface area contributed by atoms with Crippen molar-refractivity contribution < 1.29 is 9.53 Å². The van der Waals surface area contributed by atoms with E-state index in [-0.39, 0.29) is 5.04 Å². The van der Waals surface area contributed by atoms with E-state index in [1.807, 2.05) is 30.3 Å². The molecular weight excluding hydrogens is 408 g/mol. The highest BCUT2D eigenvalue weighted by Gasteiger charge is 2.49. The smallest absolute Gasteiger partial charge is 0.261 e. The van der Waals surface area contributed by atoms with Gasteiger partial charge in [0.1, 0.15) is 6.10 Å². The summed E-state index contributed by atoms with van der Waals surface area (Å²) in [6, 6.07) is 31.3. The summed E-state index contributed by atoms with van der Waals surface area (Å²) in [5, 5.41) is 13.4. The maximum Gasteiger partial charge on any atom is 0.261 e. The van der Waals surface area contributed by atoms with E-state index in [4.69, 9.17) is 4.43 Å². The summed E-state index contributed by atoms with van der Waals surface area (Å²) < 4.78 is 6.96. The van der Waals surface area contributed by atoms with Gasteiger partial charge in [0.2, 0.25) is 0 Å². The Hall–Kier alpha value is -2.46. The van der Waals surface area contributed by atoms with E-state index < -0.39 is 14.4 Å². The van der Waals surface area contributed by atoms with Gasteiger partial charge in [-0.1, -0.05) is 125 Å². The van der Waals surface area contributed by atoms with Gasteiger partial charge in [-0.05, 0) is 39.4 Å². The molecule has 0 heterocycles. The second-order valence-corrected chi connectivity index (χ2v) is 13.6. The highest BCUT2D eigenvalue weighted by molar-refractivity contribution is 6.99. The van der Waals surface area contributed by atoms with Gasteiger partial charge < -0.3 is 9.53 Å². The predicted octanol–water partition coefficient (Wildman–Crippen LogP) is 6.02. The maximum atomic E-state index is 10.8. The van der Waals surface area contributed by atoms with Gasteiger partial charge in [0.25, 0.3) is 8.32 Å². The minimum Gasteiger partial charge on any atom is -0.407 e. The molecular formula is C29H36O2Si. The lowest BCUT2D eigenvalue weighted by molar-refractivity contribution is 0.211. The Morgan fingerprint density at radius 1 is 0.844 bits per heavy atom. The van der Waals surface area contributed by atoms with Crippen molar-refractivity contribution in [2.75, 3.05) is 6.61 Å². The average molecular weight is 445 g/mol. The first-order valence-corrected chi connectivity index (χ1v) is 13.5. The minimum atomic E-state index is -2.51. The van der Waals surface area contributed by atoms with Crippen molar-refractivity contribution in [1.82, 2.24) is 0 Å². The molecule has 0 aromatic heterocycles. The van der Waals surface area contributed by atoms with Crippen molar-refractivity contribution in [1.29, 1.82) is 0 Å². The van der Waals surface area contributed by atoms with Gasteiger partial charge in [0, 0.05) is 6.61 Å². The molecule has 0 fully saturated rings. The van der Waals surface area contributed by atoms with Crippen LogP contribution in [0.15, 0.2) is 103 Å². The van der Waals surface area contributed by atoms with E-state index in [0.29, 0.717) is 6.61 Å². The second kappa shape index (κ2) is 10.9. The molecule has 0 unspecified atom stereocenters. The highest BCUT2D eigenvalue weighted by atomic mass is 28.4. The molecule has 0 saturated carbocycles. The van der Waals surface area contributed by atoms with E-state index in [9.17, 15) is 5.11 Å². The fourth-order valence-corrected chi connectivity index (χ4v) is 9.10. The van der Waals surface area contributed by atoms with Gasteiger partial charge in [-0.25, -0.2) is 0 Å². The van der Waals surface area contributed by atoms with E-state index in [0.717, 1.165) is 24.0 Å². The first kappa shape index (κ1) is 24.2. The Bertz CT molecular complexity index is 936. The van der Waals surface area contributed by atoms with Crippen LogP contribution in [0.2, 0.25) is 5.04 Å². The number of benzene rings is 3. The van der Waals surface area contributed by atoms with Crippen LogP contribution >= 0.6 is 0 Å². The molecule has 1 N–H and O–H groups in total. The Balaban J connectivity index is 1.87. The molecule has 1 atom stereocenters. The molecule has 0 aliphatic rings. The molecule has 0 saturated heterocycles. The van der Waals surface area contributed by atoms with Crippen LogP contribution < -0.4 is 10.4 Å². The molecule has 32 heavy (non-hydrogen) atoms. The molecule has 0 bridgehead atoms. The summed E-state index contributed by atoms with van der Waals surface area (Å²) in [5.41, 5.74) is 1.98. The summed E-state index contributed by atoms with van der Waals surface area (Å²) in [7, 11) is -2.51. The normalized spacial score (nSPS) is 13.7. The first-order valence-electron chi connectivity index (χ1n) is 11.6. The van der Waals surface area contributed by atoms with Crippen molar-refractivity contribution in [2.45, 2.75) is 51.7 Å². The predicted molar refractivity (Wildman–Crippen MR) is 138 cm³/mol. The van der Waals surface area contributed by atoms with E-state index in [2.05, 4.69) is 94.4 Å². The first-order chi connectivity index (χ1) is 15.4. The summed E-state index contributed by atoms with van der Waals surface area (Å²) in [6.07, 6.45) is 3.19. The molecule has 3 aromatic carbocycles. The summed E-state index contributed by atoms with van der Waals surface area (Å²) >= 11 is 0. The van der Waals surface area contributed by atoms with E-state index in [1.165, 1.54) is 10.4 Å². The van der Waals surface area contributed by atoms with Crippen LogP contribution in [-0.2, 0) is 4.43 Å². The quantitative estimate of drug-likeness (QED) is 0.248. The van der Waals surface area contributed by atoms with Gasteiger partial charge >= 0.3 is 0 Å². The van der Waals surface area contributed by atoms with Gasteiger partial charge in [0.05, 0.1) is 0 Å². The van der Waals surface area contributed by atoms with Crippen molar-refractivity contribution in [3.05, 3.63) is 108 Å². The minimum absolute atomic E-state index is 0.0312. The molecule has 3 rings (SSSR count). The fraction of sp³-hybridized carbons (Fsp3) is 0.310.